The van der Waals surface area contributed by atoms with E-state index in [2.05, 4.69) is 10.2 Å². The summed E-state index contributed by atoms with van der Waals surface area (Å²) in [6.07, 6.45) is 1.64. The van der Waals surface area contributed by atoms with E-state index >= 15 is 0 Å². The van der Waals surface area contributed by atoms with Crippen molar-refractivity contribution in [2.45, 2.75) is 6.54 Å². The number of morpholine rings is 1. The van der Waals surface area contributed by atoms with Gasteiger partial charge < -0.3 is 19.4 Å². The summed E-state index contributed by atoms with van der Waals surface area (Å²) in [4.78, 5) is 16.3. The molecule has 1 aliphatic rings. The predicted molar refractivity (Wildman–Crippen MR) is 93.1 cm³/mol. The summed E-state index contributed by atoms with van der Waals surface area (Å²) in [7, 11) is 1.89. The van der Waals surface area contributed by atoms with Crippen LogP contribution in [0.25, 0.3) is 0 Å². The molecule has 1 fully saturated rings. The second-order valence-electron chi connectivity index (χ2n) is 5.95. The van der Waals surface area contributed by atoms with Crippen LogP contribution in [0.5, 0.6) is 0 Å². The Bertz CT molecular complexity index is 634. The molecule has 1 aromatic carbocycles. The minimum atomic E-state index is -0.0387. The molecule has 0 saturated carbocycles. The molecule has 6 heteroatoms. The van der Waals surface area contributed by atoms with Crippen molar-refractivity contribution >= 4 is 17.3 Å². The summed E-state index contributed by atoms with van der Waals surface area (Å²) in [5.74, 6) is 0.809. The van der Waals surface area contributed by atoms with Gasteiger partial charge >= 0.3 is 0 Å². The molecule has 0 spiro atoms. The lowest BCUT2D eigenvalue weighted by Gasteiger charge is -2.28. The van der Waals surface area contributed by atoms with Crippen molar-refractivity contribution in [3.8, 4) is 0 Å². The highest BCUT2D eigenvalue weighted by Gasteiger charge is 2.12. The van der Waals surface area contributed by atoms with Crippen LogP contribution < -0.4 is 10.2 Å². The van der Waals surface area contributed by atoms with Gasteiger partial charge in [-0.15, -0.1) is 0 Å². The lowest BCUT2D eigenvalue weighted by Crippen LogP contribution is -2.36. The number of ether oxygens (including phenoxy) is 1. The monoisotopic (exact) mass is 329 g/mol. The fraction of sp³-hybridized carbons (Fsp3) is 0.389. The van der Waals surface area contributed by atoms with Crippen LogP contribution in [0.2, 0.25) is 0 Å². The first kappa shape index (κ1) is 16.5. The van der Waals surface area contributed by atoms with Crippen LogP contribution in [0.3, 0.4) is 0 Å². The van der Waals surface area contributed by atoms with E-state index < -0.39 is 0 Å². The lowest BCUT2D eigenvalue weighted by atomic mass is 10.2. The van der Waals surface area contributed by atoms with Gasteiger partial charge in [-0.2, -0.15) is 0 Å². The van der Waals surface area contributed by atoms with Gasteiger partial charge in [-0.3, -0.25) is 9.69 Å². The molecule has 3 rings (SSSR count). The van der Waals surface area contributed by atoms with Crippen molar-refractivity contribution in [3.05, 3.63) is 48.4 Å². The first-order valence-electron chi connectivity index (χ1n) is 8.14. The Balaban J connectivity index is 1.48. The molecule has 0 atom stereocenters. The van der Waals surface area contributed by atoms with Crippen LogP contribution in [-0.2, 0) is 16.1 Å². The maximum Gasteiger partial charge on any atom is 0.238 e. The molecule has 1 saturated heterocycles. The Labute approximate surface area is 142 Å². The highest BCUT2D eigenvalue weighted by Crippen LogP contribution is 2.19. The fourth-order valence-electron chi connectivity index (χ4n) is 2.75. The van der Waals surface area contributed by atoms with Crippen molar-refractivity contribution < 1.29 is 13.9 Å². The van der Waals surface area contributed by atoms with Crippen LogP contribution in [0.4, 0.5) is 11.4 Å². The molecular weight excluding hydrogens is 306 g/mol. The van der Waals surface area contributed by atoms with E-state index in [0.717, 1.165) is 43.4 Å². The van der Waals surface area contributed by atoms with Crippen molar-refractivity contribution in [1.29, 1.82) is 0 Å². The Morgan fingerprint density at radius 2 is 1.96 bits per heavy atom. The number of rotatable bonds is 6. The number of nitrogens with one attached hydrogen (secondary N) is 1. The molecule has 2 heterocycles. The fourth-order valence-corrected chi connectivity index (χ4v) is 2.75. The molecule has 1 aliphatic heterocycles. The van der Waals surface area contributed by atoms with Gasteiger partial charge in [-0.1, -0.05) is 0 Å². The van der Waals surface area contributed by atoms with Crippen LogP contribution in [0.1, 0.15) is 5.76 Å². The van der Waals surface area contributed by atoms with Gasteiger partial charge in [0.25, 0.3) is 0 Å². The minimum absolute atomic E-state index is 0.0387. The van der Waals surface area contributed by atoms with Crippen molar-refractivity contribution in [1.82, 2.24) is 4.90 Å². The van der Waals surface area contributed by atoms with Gasteiger partial charge in [0, 0.05) is 24.5 Å². The molecule has 0 aliphatic carbocycles. The van der Waals surface area contributed by atoms with Gasteiger partial charge in [-0.25, -0.2) is 0 Å². The highest BCUT2D eigenvalue weighted by atomic mass is 16.5. The summed E-state index contributed by atoms with van der Waals surface area (Å²) in [6.45, 7) is 4.26. The number of likely N-dealkylation sites (N-methyl/N-ethyl adjacent to an activating group) is 1. The van der Waals surface area contributed by atoms with Crippen LogP contribution >= 0.6 is 0 Å². The number of nitrogens with zero attached hydrogens (tertiary/aromatic N) is 2. The van der Waals surface area contributed by atoms with Crippen LogP contribution in [0, 0.1) is 0 Å². The maximum atomic E-state index is 12.1. The lowest BCUT2D eigenvalue weighted by molar-refractivity contribution is -0.117. The Kier molecular flexibility index (Phi) is 5.51. The largest absolute Gasteiger partial charge is 0.468 e. The topological polar surface area (TPSA) is 58.0 Å². The van der Waals surface area contributed by atoms with E-state index in [1.807, 2.05) is 48.3 Å². The summed E-state index contributed by atoms with van der Waals surface area (Å²) in [5.41, 5.74) is 1.97. The molecule has 0 radical (unpaired) electrons. The maximum absolute atomic E-state index is 12.1. The molecule has 1 aromatic heterocycles. The molecule has 1 N–H and O–H groups in total. The molecule has 2 aromatic rings. The molecule has 24 heavy (non-hydrogen) atoms. The zero-order valence-corrected chi connectivity index (χ0v) is 13.9. The molecule has 6 nitrogen and oxygen atoms in total. The van der Waals surface area contributed by atoms with Crippen LogP contribution in [0.15, 0.2) is 47.1 Å². The molecule has 0 bridgehead atoms. The number of amides is 1. The van der Waals surface area contributed by atoms with E-state index in [1.165, 1.54) is 0 Å². The second-order valence-corrected chi connectivity index (χ2v) is 5.95. The Morgan fingerprint density at radius 1 is 1.21 bits per heavy atom. The van der Waals surface area contributed by atoms with Crippen molar-refractivity contribution in [3.63, 3.8) is 0 Å². The zero-order valence-electron chi connectivity index (χ0n) is 13.9. The number of carbonyl (C=O) groups excluding carboxylic acids is 1. The minimum Gasteiger partial charge on any atom is -0.468 e. The van der Waals surface area contributed by atoms with Crippen LogP contribution in [-0.4, -0.2) is 50.7 Å². The average molecular weight is 329 g/mol. The van der Waals surface area contributed by atoms with Gasteiger partial charge in [0.1, 0.15) is 5.76 Å². The third kappa shape index (κ3) is 4.59. The van der Waals surface area contributed by atoms with E-state index in [0.29, 0.717) is 13.1 Å². The smallest absolute Gasteiger partial charge is 0.238 e. The summed E-state index contributed by atoms with van der Waals surface area (Å²) in [6, 6.07) is 11.7. The summed E-state index contributed by atoms with van der Waals surface area (Å²) >= 11 is 0. The molecule has 0 unspecified atom stereocenters. The number of furan rings is 1. The van der Waals surface area contributed by atoms with Gasteiger partial charge in [0.15, 0.2) is 0 Å². The van der Waals surface area contributed by atoms with Gasteiger partial charge in [0.05, 0.1) is 32.6 Å². The van der Waals surface area contributed by atoms with Gasteiger partial charge in [0.2, 0.25) is 5.91 Å². The first-order valence-corrected chi connectivity index (χ1v) is 8.14. The van der Waals surface area contributed by atoms with E-state index in [9.17, 15) is 4.79 Å². The first-order chi connectivity index (χ1) is 11.7. The molecule has 1 amide bonds. The predicted octanol–water partition coefficient (Wildman–Crippen LogP) is 2.19. The molecular formula is C18H23N3O3. The average Bonchev–Trinajstić information content (AvgIpc) is 3.09. The summed E-state index contributed by atoms with van der Waals surface area (Å²) < 4.78 is 10.6. The van der Waals surface area contributed by atoms with E-state index in [-0.39, 0.29) is 5.91 Å². The molecule has 128 valence electrons. The quantitative estimate of drug-likeness (QED) is 0.880. The third-order valence-electron chi connectivity index (χ3n) is 3.95. The number of hydrogen-bond donors (Lipinski definition) is 1. The third-order valence-corrected chi connectivity index (χ3v) is 3.95. The van der Waals surface area contributed by atoms with Gasteiger partial charge in [-0.05, 0) is 43.4 Å². The number of carbonyl (C=O) groups is 1. The van der Waals surface area contributed by atoms with Crippen molar-refractivity contribution in [2.75, 3.05) is 50.1 Å². The zero-order chi connectivity index (χ0) is 16.8. The summed E-state index contributed by atoms with van der Waals surface area (Å²) in [5, 5.41) is 2.93. The SMILES string of the molecule is CN(CC(=O)Nc1ccc(N2CCOCC2)cc1)Cc1ccco1. The Morgan fingerprint density at radius 3 is 2.62 bits per heavy atom. The van der Waals surface area contributed by atoms with E-state index in [4.69, 9.17) is 9.15 Å². The van der Waals surface area contributed by atoms with Crippen molar-refractivity contribution in [2.24, 2.45) is 0 Å². The second kappa shape index (κ2) is 7.99. The Hall–Kier alpha value is -2.31. The highest BCUT2D eigenvalue weighted by molar-refractivity contribution is 5.92. The number of anilines is 2. The standard InChI is InChI=1S/C18H23N3O3/c1-20(13-17-3-2-10-24-17)14-18(22)19-15-4-6-16(7-5-15)21-8-11-23-12-9-21/h2-7,10H,8-9,11-14H2,1H3,(H,19,22). The van der Waals surface area contributed by atoms with E-state index in [1.54, 1.807) is 6.26 Å². The number of benzene rings is 1. The normalized spacial score (nSPS) is 14.8. The number of hydrogen-bond acceptors (Lipinski definition) is 5.